The van der Waals surface area contributed by atoms with Crippen LogP contribution in [0.3, 0.4) is 0 Å². The fourth-order valence-corrected chi connectivity index (χ4v) is 2.59. The Bertz CT molecular complexity index is 551. The highest BCUT2D eigenvalue weighted by Gasteiger charge is 2.20. The molecule has 7 heteroatoms. The van der Waals surface area contributed by atoms with Gasteiger partial charge in [0, 0.05) is 7.05 Å². The third-order valence-corrected chi connectivity index (χ3v) is 3.91. The van der Waals surface area contributed by atoms with Gasteiger partial charge in [0.05, 0.1) is 26.9 Å². The van der Waals surface area contributed by atoms with Crippen LogP contribution in [0, 0.1) is 5.82 Å². The molecule has 0 fully saturated rings. The molecule has 0 spiro atoms. The van der Waals surface area contributed by atoms with Crippen molar-refractivity contribution in [2.75, 3.05) is 0 Å². The summed E-state index contributed by atoms with van der Waals surface area (Å²) in [4.78, 5) is 0. The highest BCUT2D eigenvalue weighted by Crippen LogP contribution is 2.29. The van der Waals surface area contributed by atoms with E-state index in [9.17, 15) is 4.39 Å². The summed E-state index contributed by atoms with van der Waals surface area (Å²) in [5.41, 5.74) is 4.23. The quantitative estimate of drug-likeness (QED) is 0.638. The summed E-state index contributed by atoms with van der Waals surface area (Å²) in [6.07, 6.45) is 1.68. The van der Waals surface area contributed by atoms with Crippen molar-refractivity contribution in [1.29, 1.82) is 0 Å². The van der Waals surface area contributed by atoms with Gasteiger partial charge in [-0.3, -0.25) is 10.5 Å². The number of nitrogens with two attached hydrogens (primary N) is 1. The number of halogens is 3. The SMILES string of the molecule is Cn1ncc(Br)c1C(NN)c1ccc(Br)c(F)c1. The molecule has 0 aliphatic heterocycles. The van der Waals surface area contributed by atoms with E-state index in [1.165, 1.54) is 6.07 Å². The summed E-state index contributed by atoms with van der Waals surface area (Å²) in [6.45, 7) is 0. The van der Waals surface area contributed by atoms with Crippen LogP contribution in [0.5, 0.6) is 0 Å². The van der Waals surface area contributed by atoms with E-state index in [0.29, 0.717) is 4.47 Å². The summed E-state index contributed by atoms with van der Waals surface area (Å²) < 4.78 is 16.5. The first-order valence-electron chi connectivity index (χ1n) is 5.13. The maximum absolute atomic E-state index is 13.6. The topological polar surface area (TPSA) is 55.9 Å². The van der Waals surface area contributed by atoms with Crippen LogP contribution in [0.4, 0.5) is 4.39 Å². The Morgan fingerprint density at radius 3 is 2.61 bits per heavy atom. The fraction of sp³-hybridized carbons (Fsp3) is 0.182. The van der Waals surface area contributed by atoms with Crippen LogP contribution in [-0.2, 0) is 7.05 Å². The van der Waals surface area contributed by atoms with Gasteiger partial charge in [-0.1, -0.05) is 6.07 Å². The normalized spacial score (nSPS) is 12.7. The van der Waals surface area contributed by atoms with Gasteiger partial charge in [-0.2, -0.15) is 5.10 Å². The van der Waals surface area contributed by atoms with Gasteiger partial charge in [0.2, 0.25) is 0 Å². The van der Waals surface area contributed by atoms with E-state index in [4.69, 9.17) is 5.84 Å². The number of aromatic nitrogens is 2. The number of nitrogens with one attached hydrogen (secondary N) is 1. The maximum Gasteiger partial charge on any atom is 0.137 e. The standard InChI is InChI=1S/C11H11Br2FN4/c1-18-11(8(13)5-16-18)10(17-15)6-2-3-7(12)9(14)4-6/h2-5,10,17H,15H2,1H3. The fourth-order valence-electron chi connectivity index (χ4n) is 1.77. The molecule has 1 aromatic carbocycles. The molecule has 18 heavy (non-hydrogen) atoms. The number of hydrazine groups is 1. The molecule has 2 aromatic rings. The number of nitrogens with zero attached hydrogens (tertiary/aromatic N) is 2. The van der Waals surface area contributed by atoms with Crippen LogP contribution >= 0.6 is 31.9 Å². The summed E-state index contributed by atoms with van der Waals surface area (Å²) in [5, 5.41) is 4.12. The molecule has 0 aliphatic carbocycles. The minimum absolute atomic E-state index is 0.328. The largest absolute Gasteiger partial charge is 0.271 e. The Labute approximate surface area is 121 Å². The van der Waals surface area contributed by atoms with Crippen molar-refractivity contribution in [3.63, 3.8) is 0 Å². The minimum atomic E-state index is -0.338. The average molecular weight is 378 g/mol. The smallest absolute Gasteiger partial charge is 0.137 e. The van der Waals surface area contributed by atoms with Crippen molar-refractivity contribution < 1.29 is 4.39 Å². The molecule has 0 radical (unpaired) electrons. The third-order valence-electron chi connectivity index (χ3n) is 2.65. The average Bonchev–Trinajstić information content (AvgIpc) is 2.66. The zero-order chi connectivity index (χ0) is 13.3. The van der Waals surface area contributed by atoms with E-state index in [-0.39, 0.29) is 11.9 Å². The molecule has 1 aromatic heterocycles. The van der Waals surface area contributed by atoms with E-state index >= 15 is 0 Å². The molecule has 0 amide bonds. The molecule has 96 valence electrons. The van der Waals surface area contributed by atoms with Crippen LogP contribution in [0.2, 0.25) is 0 Å². The summed E-state index contributed by atoms with van der Waals surface area (Å²) in [7, 11) is 1.81. The van der Waals surface area contributed by atoms with Crippen molar-refractivity contribution in [2.45, 2.75) is 6.04 Å². The van der Waals surface area contributed by atoms with Crippen molar-refractivity contribution in [3.8, 4) is 0 Å². The van der Waals surface area contributed by atoms with Crippen LogP contribution in [-0.4, -0.2) is 9.78 Å². The number of rotatable bonds is 3. The zero-order valence-corrected chi connectivity index (χ0v) is 12.7. The van der Waals surface area contributed by atoms with Crippen LogP contribution in [0.15, 0.2) is 33.3 Å². The second kappa shape index (κ2) is 5.48. The molecule has 0 bridgehead atoms. The molecule has 0 saturated carbocycles. The van der Waals surface area contributed by atoms with Crippen LogP contribution in [0.1, 0.15) is 17.3 Å². The molecule has 0 saturated heterocycles. The van der Waals surface area contributed by atoms with Gasteiger partial charge in [0.15, 0.2) is 0 Å². The molecule has 1 unspecified atom stereocenters. The van der Waals surface area contributed by atoms with Gasteiger partial charge < -0.3 is 0 Å². The predicted octanol–water partition coefficient (Wildman–Crippen LogP) is 2.64. The number of benzene rings is 1. The molecular weight excluding hydrogens is 367 g/mol. The van der Waals surface area contributed by atoms with Crippen molar-refractivity contribution in [3.05, 3.63) is 50.4 Å². The number of hydrogen-bond donors (Lipinski definition) is 2. The maximum atomic E-state index is 13.6. The van der Waals surface area contributed by atoms with Gasteiger partial charge in [-0.25, -0.2) is 9.82 Å². The van der Waals surface area contributed by atoms with Gasteiger partial charge in [-0.05, 0) is 49.6 Å². The molecule has 0 aliphatic rings. The van der Waals surface area contributed by atoms with Crippen molar-refractivity contribution in [2.24, 2.45) is 12.9 Å². The Balaban J connectivity index is 2.48. The van der Waals surface area contributed by atoms with Crippen molar-refractivity contribution >= 4 is 31.9 Å². The van der Waals surface area contributed by atoms with E-state index in [0.717, 1.165) is 15.7 Å². The molecule has 1 atom stereocenters. The van der Waals surface area contributed by atoms with Crippen LogP contribution in [0.25, 0.3) is 0 Å². The number of hydrogen-bond acceptors (Lipinski definition) is 3. The van der Waals surface area contributed by atoms with Crippen LogP contribution < -0.4 is 11.3 Å². The highest BCUT2D eigenvalue weighted by molar-refractivity contribution is 9.10. The van der Waals surface area contributed by atoms with Gasteiger partial charge in [0.25, 0.3) is 0 Å². The van der Waals surface area contributed by atoms with E-state index < -0.39 is 0 Å². The molecule has 1 heterocycles. The Morgan fingerprint density at radius 2 is 2.11 bits per heavy atom. The Kier molecular flexibility index (Phi) is 4.16. The lowest BCUT2D eigenvalue weighted by Gasteiger charge is -2.17. The molecule has 2 rings (SSSR count). The lowest BCUT2D eigenvalue weighted by atomic mass is 10.0. The second-order valence-corrected chi connectivity index (χ2v) is 5.48. The van der Waals surface area contributed by atoms with E-state index in [1.54, 1.807) is 30.1 Å². The minimum Gasteiger partial charge on any atom is -0.271 e. The van der Waals surface area contributed by atoms with E-state index in [1.807, 2.05) is 0 Å². The Morgan fingerprint density at radius 1 is 1.39 bits per heavy atom. The zero-order valence-electron chi connectivity index (χ0n) is 9.49. The first-order chi connectivity index (χ1) is 8.54. The van der Waals surface area contributed by atoms with Gasteiger partial charge >= 0.3 is 0 Å². The summed E-state index contributed by atoms with van der Waals surface area (Å²) in [6, 6.07) is 4.55. The summed E-state index contributed by atoms with van der Waals surface area (Å²) >= 11 is 6.53. The molecular formula is C11H11Br2FN4. The Hall–Kier alpha value is -0.760. The highest BCUT2D eigenvalue weighted by atomic mass is 79.9. The third kappa shape index (κ3) is 2.49. The summed E-state index contributed by atoms with van der Waals surface area (Å²) in [5.74, 6) is 5.25. The monoisotopic (exact) mass is 376 g/mol. The molecule has 4 nitrogen and oxygen atoms in total. The van der Waals surface area contributed by atoms with Gasteiger partial charge in [-0.15, -0.1) is 0 Å². The lowest BCUT2D eigenvalue weighted by Crippen LogP contribution is -2.30. The second-order valence-electron chi connectivity index (χ2n) is 3.77. The van der Waals surface area contributed by atoms with Gasteiger partial charge in [0.1, 0.15) is 5.82 Å². The lowest BCUT2D eigenvalue weighted by molar-refractivity contribution is 0.564. The van der Waals surface area contributed by atoms with Crippen molar-refractivity contribution in [1.82, 2.24) is 15.2 Å². The van der Waals surface area contributed by atoms with E-state index in [2.05, 4.69) is 42.4 Å². The molecule has 3 N–H and O–H groups in total. The first kappa shape index (κ1) is 13.7. The number of aryl methyl sites for hydroxylation is 1. The first-order valence-corrected chi connectivity index (χ1v) is 6.71. The predicted molar refractivity (Wildman–Crippen MR) is 74.2 cm³/mol.